The van der Waals surface area contributed by atoms with Crippen molar-refractivity contribution in [2.45, 2.75) is 25.3 Å². The van der Waals surface area contributed by atoms with E-state index in [1.165, 1.54) is 6.07 Å². The molecule has 0 atom stereocenters. The molecule has 4 aromatic rings. The number of hydrogen-bond acceptors (Lipinski definition) is 6. The fourth-order valence-corrected chi connectivity index (χ4v) is 4.35. The zero-order valence-corrected chi connectivity index (χ0v) is 19.7. The van der Waals surface area contributed by atoms with Gasteiger partial charge in [-0.1, -0.05) is 30.3 Å². The zero-order valence-electron chi connectivity index (χ0n) is 18.9. The van der Waals surface area contributed by atoms with Crippen LogP contribution in [0.5, 0.6) is 0 Å². The quantitative estimate of drug-likeness (QED) is 0.438. The molecule has 0 aliphatic carbocycles. The summed E-state index contributed by atoms with van der Waals surface area (Å²) < 4.78 is 25.1. The largest absolute Gasteiger partial charge is 0.364 e. The molecule has 2 aromatic heterocycles. The van der Waals surface area contributed by atoms with Gasteiger partial charge in [0, 0.05) is 11.6 Å². The Bertz CT molecular complexity index is 1540. The first kappa shape index (κ1) is 23.1. The van der Waals surface area contributed by atoms with Crippen molar-refractivity contribution in [3.63, 3.8) is 0 Å². The Kier molecular flexibility index (Phi) is 5.92. The smallest absolute Gasteiger partial charge is 0.267 e. The number of nitrogens with two attached hydrogens (primary N) is 1. The van der Waals surface area contributed by atoms with Gasteiger partial charge in [-0.25, -0.2) is 13.4 Å². The van der Waals surface area contributed by atoms with Crippen molar-refractivity contribution >= 4 is 38.2 Å². The van der Waals surface area contributed by atoms with E-state index in [4.69, 9.17) is 5.73 Å². The number of fused-ring (bicyclic) bond motifs is 1. The topological polar surface area (TPSA) is 137 Å². The number of nitrogens with zero attached hydrogens (tertiary/aromatic N) is 3. The number of anilines is 1. The molecule has 0 saturated carbocycles. The van der Waals surface area contributed by atoms with Crippen molar-refractivity contribution in [1.82, 2.24) is 14.8 Å². The van der Waals surface area contributed by atoms with E-state index in [1.54, 1.807) is 60.1 Å². The number of carbonyl (C=O) groups excluding carboxylic acids is 2. The molecule has 0 fully saturated rings. The zero-order chi connectivity index (χ0) is 24.6. The van der Waals surface area contributed by atoms with Gasteiger partial charge in [-0.05, 0) is 43.7 Å². The number of amides is 2. The molecule has 0 aliphatic rings. The van der Waals surface area contributed by atoms with Crippen molar-refractivity contribution in [3.8, 4) is 0 Å². The van der Waals surface area contributed by atoms with Crippen LogP contribution < -0.4 is 11.1 Å². The lowest BCUT2D eigenvalue weighted by Crippen LogP contribution is -2.18. The van der Waals surface area contributed by atoms with Crippen LogP contribution in [0.2, 0.25) is 0 Å². The maximum Gasteiger partial charge on any atom is 0.267 e. The van der Waals surface area contributed by atoms with E-state index in [9.17, 15) is 18.0 Å². The molecule has 0 bridgehead atoms. The van der Waals surface area contributed by atoms with Crippen molar-refractivity contribution < 1.29 is 18.0 Å². The number of hydrogen-bond donors (Lipinski definition) is 2. The van der Waals surface area contributed by atoms with Crippen LogP contribution in [0.3, 0.4) is 0 Å². The van der Waals surface area contributed by atoms with Gasteiger partial charge in [-0.15, -0.1) is 0 Å². The molecule has 10 heteroatoms. The van der Waals surface area contributed by atoms with E-state index in [1.807, 2.05) is 6.92 Å². The summed E-state index contributed by atoms with van der Waals surface area (Å²) in [5.74, 6) is -1.13. The average Bonchev–Trinajstić information content (AvgIpc) is 3.05. The average molecular weight is 478 g/mol. The number of aromatic nitrogens is 3. The first-order valence-electron chi connectivity index (χ1n) is 10.4. The predicted molar refractivity (Wildman–Crippen MR) is 129 cm³/mol. The van der Waals surface area contributed by atoms with Crippen LogP contribution in [0.1, 0.15) is 37.8 Å². The Labute approximate surface area is 196 Å². The number of para-hydroxylation sites is 1. The highest BCUT2D eigenvalue weighted by Crippen LogP contribution is 2.24. The second-order valence-electron chi connectivity index (χ2n) is 8.01. The highest BCUT2D eigenvalue weighted by atomic mass is 32.2. The van der Waals surface area contributed by atoms with Gasteiger partial charge in [0.25, 0.3) is 11.8 Å². The summed E-state index contributed by atoms with van der Waals surface area (Å²) in [6.07, 6.45) is 1.16. The summed E-state index contributed by atoms with van der Waals surface area (Å²) in [6.45, 7) is 4.02. The SMILES string of the molecule is Cc1nn(Cc2ccc(S(C)(=O)=O)cc2)c(C)c1NC(=O)c1cc(C(N)=O)nc2ccccc12. The van der Waals surface area contributed by atoms with Crippen LogP contribution in [0, 0.1) is 13.8 Å². The van der Waals surface area contributed by atoms with Crippen LogP contribution in [0.4, 0.5) is 5.69 Å². The monoisotopic (exact) mass is 477 g/mol. The number of carbonyl (C=O) groups is 2. The summed E-state index contributed by atoms with van der Waals surface area (Å²) in [5, 5.41) is 8.03. The van der Waals surface area contributed by atoms with E-state index in [-0.39, 0.29) is 16.2 Å². The Morgan fingerprint density at radius 3 is 2.38 bits per heavy atom. The number of aryl methyl sites for hydroxylation is 1. The number of nitrogens with one attached hydrogen (secondary N) is 1. The lowest BCUT2D eigenvalue weighted by Gasteiger charge is -2.10. The van der Waals surface area contributed by atoms with E-state index in [0.717, 1.165) is 17.5 Å². The van der Waals surface area contributed by atoms with Crippen LogP contribution in [0.15, 0.2) is 59.5 Å². The molecule has 9 nitrogen and oxygen atoms in total. The van der Waals surface area contributed by atoms with Crippen LogP contribution in [-0.4, -0.2) is 41.3 Å². The molecular weight excluding hydrogens is 454 g/mol. The minimum atomic E-state index is -3.27. The lowest BCUT2D eigenvalue weighted by molar-refractivity contribution is 0.0996. The summed E-state index contributed by atoms with van der Waals surface area (Å²) in [6, 6.07) is 15.0. The van der Waals surface area contributed by atoms with Crippen molar-refractivity contribution in [2.24, 2.45) is 5.73 Å². The molecule has 0 aliphatic heterocycles. The van der Waals surface area contributed by atoms with Gasteiger partial charge in [0.05, 0.1) is 39.6 Å². The minimum absolute atomic E-state index is 0.00512. The van der Waals surface area contributed by atoms with Gasteiger partial charge in [0.1, 0.15) is 5.69 Å². The summed E-state index contributed by atoms with van der Waals surface area (Å²) in [7, 11) is -3.27. The Balaban J connectivity index is 1.64. The standard InChI is InChI=1S/C24H23N5O4S/c1-14-22(15(2)29(28-14)13-16-8-10-17(11-9-16)34(3,32)33)27-24(31)19-12-21(23(25)30)26-20-7-5-4-6-18(19)20/h4-12H,13H2,1-3H3,(H2,25,30)(H,27,31). The van der Waals surface area contributed by atoms with Gasteiger partial charge in [0.15, 0.2) is 9.84 Å². The van der Waals surface area contributed by atoms with Crippen molar-refractivity contribution in [3.05, 3.63) is 82.8 Å². The van der Waals surface area contributed by atoms with Crippen molar-refractivity contribution in [1.29, 1.82) is 0 Å². The molecule has 0 spiro atoms. The van der Waals surface area contributed by atoms with Crippen molar-refractivity contribution in [2.75, 3.05) is 11.6 Å². The van der Waals surface area contributed by atoms with Gasteiger partial charge in [-0.3, -0.25) is 14.3 Å². The first-order valence-corrected chi connectivity index (χ1v) is 12.3. The molecule has 3 N–H and O–H groups in total. The van der Waals surface area contributed by atoms with Gasteiger partial charge in [-0.2, -0.15) is 5.10 Å². The van der Waals surface area contributed by atoms with E-state index >= 15 is 0 Å². The minimum Gasteiger partial charge on any atom is -0.364 e. The Morgan fingerprint density at radius 1 is 1.06 bits per heavy atom. The number of rotatable bonds is 6. The van der Waals surface area contributed by atoms with Gasteiger partial charge in [0.2, 0.25) is 0 Å². The fourth-order valence-electron chi connectivity index (χ4n) is 3.72. The fraction of sp³-hybridized carbons (Fsp3) is 0.167. The second kappa shape index (κ2) is 8.71. The Hall–Kier alpha value is -4.05. The number of sulfone groups is 1. The number of pyridine rings is 1. The molecule has 0 radical (unpaired) electrons. The molecule has 0 saturated heterocycles. The van der Waals surface area contributed by atoms with E-state index in [0.29, 0.717) is 28.8 Å². The summed E-state index contributed by atoms with van der Waals surface area (Å²) in [4.78, 5) is 29.4. The summed E-state index contributed by atoms with van der Waals surface area (Å²) >= 11 is 0. The molecule has 2 heterocycles. The normalized spacial score (nSPS) is 11.5. The molecule has 2 amide bonds. The molecule has 34 heavy (non-hydrogen) atoms. The van der Waals surface area contributed by atoms with Gasteiger partial charge < -0.3 is 11.1 Å². The third kappa shape index (κ3) is 4.53. The molecule has 174 valence electrons. The van der Waals surface area contributed by atoms with E-state index < -0.39 is 21.7 Å². The molecule has 4 rings (SSSR count). The second-order valence-corrected chi connectivity index (χ2v) is 10.0. The third-order valence-corrected chi connectivity index (χ3v) is 6.65. The summed E-state index contributed by atoms with van der Waals surface area (Å²) in [5.41, 5.74) is 8.94. The van der Waals surface area contributed by atoms with Crippen LogP contribution in [0.25, 0.3) is 10.9 Å². The Morgan fingerprint density at radius 2 is 1.74 bits per heavy atom. The van der Waals surface area contributed by atoms with Gasteiger partial charge >= 0.3 is 0 Å². The molecule has 0 unspecified atom stereocenters. The first-order chi connectivity index (χ1) is 16.0. The van der Waals surface area contributed by atoms with Crippen LogP contribution >= 0.6 is 0 Å². The third-order valence-electron chi connectivity index (χ3n) is 5.52. The van der Waals surface area contributed by atoms with Crippen LogP contribution in [-0.2, 0) is 16.4 Å². The lowest BCUT2D eigenvalue weighted by atomic mass is 10.1. The number of primary amides is 1. The molecule has 2 aromatic carbocycles. The molecular formula is C24H23N5O4S. The number of benzene rings is 2. The maximum atomic E-state index is 13.2. The highest BCUT2D eigenvalue weighted by molar-refractivity contribution is 7.90. The predicted octanol–water partition coefficient (Wildman–Crippen LogP) is 2.85. The van der Waals surface area contributed by atoms with E-state index in [2.05, 4.69) is 15.4 Å². The maximum absolute atomic E-state index is 13.2. The highest BCUT2D eigenvalue weighted by Gasteiger charge is 2.19.